The van der Waals surface area contributed by atoms with Crippen LogP contribution < -0.4 is 0 Å². The summed E-state index contributed by atoms with van der Waals surface area (Å²) in [7, 11) is 0. The Kier molecular flexibility index (Phi) is 3.08. The number of aromatic nitrogens is 1. The number of nitriles is 1. The second-order valence-electron chi connectivity index (χ2n) is 3.57. The monoisotopic (exact) mass is 292 g/mol. The van der Waals surface area contributed by atoms with E-state index in [9.17, 15) is 0 Å². The first-order valence-corrected chi connectivity index (χ1v) is 6.37. The van der Waals surface area contributed by atoms with Crippen molar-refractivity contribution in [2.45, 2.75) is 13.8 Å². The van der Waals surface area contributed by atoms with Gasteiger partial charge in [0.05, 0.1) is 0 Å². The average molecular weight is 293 g/mol. The molecule has 0 bridgehead atoms. The summed E-state index contributed by atoms with van der Waals surface area (Å²) in [6, 6.07) is 8.30. The topological polar surface area (TPSA) is 36.7 Å². The maximum atomic E-state index is 8.86. The van der Waals surface area contributed by atoms with Crippen LogP contribution in [0.2, 0.25) is 0 Å². The van der Waals surface area contributed by atoms with Crippen LogP contribution in [0, 0.1) is 25.2 Å². The van der Waals surface area contributed by atoms with Gasteiger partial charge in [-0.05, 0) is 35.3 Å². The lowest BCUT2D eigenvalue weighted by molar-refractivity contribution is 1.30. The minimum absolute atomic E-state index is 0.458. The van der Waals surface area contributed by atoms with Gasteiger partial charge in [-0.3, -0.25) is 0 Å². The molecule has 0 aliphatic carbocycles. The number of rotatable bonds is 1. The maximum absolute atomic E-state index is 8.86. The molecule has 0 fully saturated rings. The van der Waals surface area contributed by atoms with Crippen LogP contribution in [0.15, 0.2) is 22.0 Å². The van der Waals surface area contributed by atoms with Crippen molar-refractivity contribution in [3.63, 3.8) is 0 Å². The van der Waals surface area contributed by atoms with Crippen molar-refractivity contribution in [3.05, 3.63) is 38.8 Å². The van der Waals surface area contributed by atoms with E-state index in [1.807, 2.05) is 0 Å². The zero-order valence-electron chi connectivity index (χ0n) is 8.91. The highest BCUT2D eigenvalue weighted by Gasteiger charge is 2.11. The fourth-order valence-corrected chi connectivity index (χ4v) is 3.01. The zero-order valence-corrected chi connectivity index (χ0v) is 11.3. The summed E-state index contributed by atoms with van der Waals surface area (Å²) in [4.78, 5) is 4.30. The van der Waals surface area contributed by atoms with E-state index < -0.39 is 0 Å². The first-order valence-electron chi connectivity index (χ1n) is 4.76. The Morgan fingerprint density at radius 1 is 1.38 bits per heavy atom. The van der Waals surface area contributed by atoms with E-state index in [1.165, 1.54) is 22.5 Å². The Labute approximate surface area is 107 Å². The van der Waals surface area contributed by atoms with Crippen LogP contribution in [-0.2, 0) is 0 Å². The molecular weight excluding hydrogens is 284 g/mol. The summed E-state index contributed by atoms with van der Waals surface area (Å²) < 4.78 is 0.796. The number of aryl methyl sites for hydroxylation is 2. The molecule has 4 heteroatoms. The van der Waals surface area contributed by atoms with Gasteiger partial charge in [0.1, 0.15) is 14.9 Å². The molecule has 1 aromatic carbocycles. The van der Waals surface area contributed by atoms with E-state index >= 15 is 0 Å². The normalized spacial score (nSPS) is 10.1. The van der Waals surface area contributed by atoms with E-state index in [0.717, 1.165) is 14.4 Å². The van der Waals surface area contributed by atoms with Crippen molar-refractivity contribution in [1.29, 1.82) is 5.26 Å². The third-order valence-electron chi connectivity index (χ3n) is 2.30. The van der Waals surface area contributed by atoms with Gasteiger partial charge in [-0.2, -0.15) is 5.26 Å². The van der Waals surface area contributed by atoms with Crippen molar-refractivity contribution in [2.75, 3.05) is 0 Å². The molecular formula is C12H9BrN2S. The molecule has 2 aromatic rings. The van der Waals surface area contributed by atoms with Crippen molar-refractivity contribution >= 4 is 27.3 Å². The van der Waals surface area contributed by atoms with E-state index in [4.69, 9.17) is 5.26 Å². The number of halogens is 1. The van der Waals surface area contributed by atoms with Gasteiger partial charge in [-0.15, -0.1) is 11.3 Å². The summed E-state index contributed by atoms with van der Waals surface area (Å²) in [5.41, 5.74) is 3.97. The lowest BCUT2D eigenvalue weighted by Crippen LogP contribution is -1.84. The quantitative estimate of drug-likeness (QED) is 0.795. The van der Waals surface area contributed by atoms with Gasteiger partial charge in [0, 0.05) is 5.56 Å². The maximum Gasteiger partial charge on any atom is 0.166 e. The molecule has 16 heavy (non-hydrogen) atoms. The van der Waals surface area contributed by atoms with Gasteiger partial charge in [0.2, 0.25) is 0 Å². The zero-order chi connectivity index (χ0) is 11.7. The predicted molar refractivity (Wildman–Crippen MR) is 69.4 cm³/mol. The van der Waals surface area contributed by atoms with Crippen molar-refractivity contribution < 1.29 is 0 Å². The molecule has 0 saturated heterocycles. The van der Waals surface area contributed by atoms with Gasteiger partial charge in [-0.1, -0.05) is 23.8 Å². The van der Waals surface area contributed by atoms with Crippen LogP contribution in [0.5, 0.6) is 0 Å². The molecule has 1 aromatic heterocycles. The molecule has 2 nitrogen and oxygen atoms in total. The number of nitrogens with zero attached hydrogens (tertiary/aromatic N) is 2. The van der Waals surface area contributed by atoms with Gasteiger partial charge >= 0.3 is 0 Å². The Hall–Kier alpha value is -1.18. The molecule has 0 N–H and O–H groups in total. The molecule has 0 spiro atoms. The first-order chi connectivity index (χ1) is 7.61. The smallest absolute Gasteiger partial charge is 0.166 e. The molecule has 0 radical (unpaired) electrons. The van der Waals surface area contributed by atoms with Crippen molar-refractivity contribution in [3.8, 4) is 16.6 Å². The molecule has 0 unspecified atom stereocenters. The van der Waals surface area contributed by atoms with Crippen LogP contribution >= 0.6 is 27.3 Å². The van der Waals surface area contributed by atoms with E-state index in [1.54, 1.807) is 0 Å². The molecule has 80 valence electrons. The second-order valence-corrected chi connectivity index (χ2v) is 5.89. The second kappa shape index (κ2) is 4.36. The Balaban J connectivity index is 2.55. The summed E-state index contributed by atoms with van der Waals surface area (Å²) in [5.74, 6) is 0. The Bertz CT molecular complexity index is 581. The minimum atomic E-state index is 0.458. The minimum Gasteiger partial charge on any atom is -0.224 e. The van der Waals surface area contributed by atoms with Crippen molar-refractivity contribution in [1.82, 2.24) is 4.98 Å². The third kappa shape index (κ3) is 2.01. The van der Waals surface area contributed by atoms with Crippen LogP contribution in [0.25, 0.3) is 10.6 Å². The number of benzene rings is 1. The van der Waals surface area contributed by atoms with E-state index in [-0.39, 0.29) is 0 Å². The standard InChI is InChI=1S/C12H9BrN2S/c1-7-3-4-9(8(2)5-7)12-15-10(6-14)11(13)16-12/h3-5H,1-2H3. The highest BCUT2D eigenvalue weighted by atomic mass is 79.9. The van der Waals surface area contributed by atoms with Crippen LogP contribution in [0.3, 0.4) is 0 Å². The number of hydrogen-bond donors (Lipinski definition) is 0. The first kappa shape index (κ1) is 11.3. The largest absolute Gasteiger partial charge is 0.224 e. The number of thiazole rings is 1. The van der Waals surface area contributed by atoms with Gasteiger partial charge in [0.25, 0.3) is 0 Å². The Morgan fingerprint density at radius 2 is 2.12 bits per heavy atom. The van der Waals surface area contributed by atoms with E-state index in [0.29, 0.717) is 5.69 Å². The third-order valence-corrected chi connectivity index (χ3v) is 4.04. The fourth-order valence-electron chi connectivity index (χ4n) is 1.54. The molecule has 0 amide bonds. The summed E-state index contributed by atoms with van der Waals surface area (Å²) >= 11 is 4.84. The lowest BCUT2D eigenvalue weighted by atomic mass is 10.1. The highest BCUT2D eigenvalue weighted by molar-refractivity contribution is 9.11. The van der Waals surface area contributed by atoms with Crippen molar-refractivity contribution in [2.24, 2.45) is 0 Å². The van der Waals surface area contributed by atoms with Crippen LogP contribution in [0.4, 0.5) is 0 Å². The summed E-state index contributed by atoms with van der Waals surface area (Å²) in [6.07, 6.45) is 0. The van der Waals surface area contributed by atoms with Gasteiger partial charge in [-0.25, -0.2) is 4.98 Å². The number of hydrogen-bond acceptors (Lipinski definition) is 3. The molecule has 0 saturated carbocycles. The van der Waals surface area contributed by atoms with Gasteiger partial charge < -0.3 is 0 Å². The highest BCUT2D eigenvalue weighted by Crippen LogP contribution is 2.33. The Morgan fingerprint density at radius 3 is 2.69 bits per heavy atom. The summed E-state index contributed by atoms with van der Waals surface area (Å²) in [5, 5.41) is 9.75. The van der Waals surface area contributed by atoms with E-state index in [2.05, 4.69) is 59.0 Å². The van der Waals surface area contributed by atoms with Crippen LogP contribution in [-0.4, -0.2) is 4.98 Å². The molecule has 0 atom stereocenters. The average Bonchev–Trinajstić information content (AvgIpc) is 2.59. The molecule has 0 aliphatic rings. The SMILES string of the molecule is Cc1ccc(-c2nc(C#N)c(Br)s2)c(C)c1. The molecule has 1 heterocycles. The summed E-state index contributed by atoms with van der Waals surface area (Å²) in [6.45, 7) is 4.12. The van der Waals surface area contributed by atoms with Gasteiger partial charge in [0.15, 0.2) is 5.69 Å². The molecule has 2 rings (SSSR count). The predicted octanol–water partition coefficient (Wildman–Crippen LogP) is 4.06. The lowest BCUT2D eigenvalue weighted by Gasteiger charge is -2.02. The fraction of sp³-hybridized carbons (Fsp3) is 0.167. The van der Waals surface area contributed by atoms with Crippen LogP contribution in [0.1, 0.15) is 16.8 Å². The molecule has 0 aliphatic heterocycles.